The Labute approximate surface area is 124 Å². The Morgan fingerprint density at radius 1 is 1.19 bits per heavy atom. The Bertz CT molecular complexity index is 589. The zero-order valence-corrected chi connectivity index (χ0v) is 12.1. The second kappa shape index (κ2) is 6.70. The van der Waals surface area contributed by atoms with Crippen molar-refractivity contribution in [3.63, 3.8) is 0 Å². The fourth-order valence-electron chi connectivity index (χ4n) is 2.16. The zero-order valence-electron chi connectivity index (χ0n) is 12.1. The van der Waals surface area contributed by atoms with E-state index in [0.29, 0.717) is 24.3 Å². The quantitative estimate of drug-likeness (QED) is 0.859. The van der Waals surface area contributed by atoms with Crippen LogP contribution in [0.5, 0.6) is 5.75 Å². The molecule has 0 aromatic heterocycles. The minimum atomic E-state index is -1.11. The molecule has 2 aromatic rings. The molecule has 3 nitrogen and oxygen atoms in total. The zero-order chi connectivity index (χ0) is 15.3. The van der Waals surface area contributed by atoms with Gasteiger partial charge in [0.25, 0.3) is 0 Å². The summed E-state index contributed by atoms with van der Waals surface area (Å²) >= 11 is 0. The summed E-state index contributed by atoms with van der Waals surface area (Å²) in [6, 6.07) is 13.9. The van der Waals surface area contributed by atoms with E-state index < -0.39 is 5.60 Å². The molecular formula is C17H20FNO2. The van der Waals surface area contributed by atoms with Crippen LogP contribution in [0, 0.1) is 12.7 Å². The van der Waals surface area contributed by atoms with Crippen molar-refractivity contribution in [2.24, 2.45) is 5.73 Å². The molecule has 0 heterocycles. The average molecular weight is 289 g/mol. The van der Waals surface area contributed by atoms with Gasteiger partial charge in [0.15, 0.2) is 0 Å². The van der Waals surface area contributed by atoms with Crippen LogP contribution in [0.1, 0.15) is 17.5 Å². The summed E-state index contributed by atoms with van der Waals surface area (Å²) in [5.74, 6) is 0.325. The van der Waals surface area contributed by atoms with E-state index in [0.717, 1.165) is 5.56 Å². The minimum absolute atomic E-state index is 0.114. The van der Waals surface area contributed by atoms with E-state index in [9.17, 15) is 9.50 Å². The molecule has 1 unspecified atom stereocenters. The fraction of sp³-hybridized carbons (Fsp3) is 0.294. The lowest BCUT2D eigenvalue weighted by Crippen LogP contribution is -2.36. The van der Waals surface area contributed by atoms with Gasteiger partial charge in [0.05, 0.1) is 6.61 Å². The smallest absolute Gasteiger partial charge is 0.126 e. The van der Waals surface area contributed by atoms with Crippen molar-refractivity contribution in [2.75, 3.05) is 13.2 Å². The Morgan fingerprint density at radius 3 is 2.52 bits per heavy atom. The number of hydrogen-bond acceptors (Lipinski definition) is 3. The first kappa shape index (κ1) is 15.5. The van der Waals surface area contributed by atoms with Gasteiger partial charge in [0.2, 0.25) is 0 Å². The highest BCUT2D eigenvalue weighted by molar-refractivity contribution is 5.29. The molecular weight excluding hydrogens is 269 g/mol. The van der Waals surface area contributed by atoms with Gasteiger partial charge in [-0.25, -0.2) is 4.39 Å². The van der Waals surface area contributed by atoms with E-state index in [1.807, 2.05) is 30.3 Å². The van der Waals surface area contributed by atoms with Gasteiger partial charge in [0.1, 0.15) is 17.2 Å². The molecule has 0 radical (unpaired) electrons. The molecule has 0 amide bonds. The van der Waals surface area contributed by atoms with Crippen molar-refractivity contribution < 1.29 is 14.2 Å². The van der Waals surface area contributed by atoms with Crippen LogP contribution >= 0.6 is 0 Å². The van der Waals surface area contributed by atoms with E-state index in [-0.39, 0.29) is 12.4 Å². The predicted octanol–water partition coefficient (Wildman–Crippen LogP) is 2.75. The summed E-state index contributed by atoms with van der Waals surface area (Å²) < 4.78 is 18.8. The van der Waals surface area contributed by atoms with Crippen LogP contribution < -0.4 is 10.5 Å². The average Bonchev–Trinajstić information content (AvgIpc) is 2.51. The lowest BCUT2D eigenvalue weighted by atomic mass is 9.91. The number of nitrogens with two attached hydrogens (primary N) is 1. The number of rotatable bonds is 6. The predicted molar refractivity (Wildman–Crippen MR) is 80.6 cm³/mol. The summed E-state index contributed by atoms with van der Waals surface area (Å²) in [6.45, 7) is 2.10. The summed E-state index contributed by atoms with van der Waals surface area (Å²) in [7, 11) is 0. The molecule has 0 aliphatic carbocycles. The van der Waals surface area contributed by atoms with E-state index in [4.69, 9.17) is 10.5 Å². The van der Waals surface area contributed by atoms with Crippen LogP contribution in [0.25, 0.3) is 0 Å². The maximum Gasteiger partial charge on any atom is 0.126 e. The standard InChI is InChI=1S/C17H20FNO2/c1-13-11-15(7-8-16(13)18)21-10-9-17(20,12-19)14-5-3-2-4-6-14/h2-8,11,20H,9-10,12,19H2,1H3. The van der Waals surface area contributed by atoms with Gasteiger partial charge in [0, 0.05) is 13.0 Å². The first-order chi connectivity index (χ1) is 10.0. The molecule has 4 heteroatoms. The van der Waals surface area contributed by atoms with Crippen molar-refractivity contribution in [1.29, 1.82) is 0 Å². The number of aliphatic hydroxyl groups is 1. The lowest BCUT2D eigenvalue weighted by Gasteiger charge is -2.27. The molecule has 0 aliphatic heterocycles. The fourth-order valence-corrected chi connectivity index (χ4v) is 2.16. The molecule has 0 saturated heterocycles. The third-order valence-electron chi connectivity index (χ3n) is 3.56. The van der Waals surface area contributed by atoms with Gasteiger partial charge in [-0.3, -0.25) is 0 Å². The molecule has 2 rings (SSSR count). The topological polar surface area (TPSA) is 55.5 Å². The maximum absolute atomic E-state index is 13.2. The third kappa shape index (κ3) is 3.80. The molecule has 21 heavy (non-hydrogen) atoms. The van der Waals surface area contributed by atoms with E-state index in [1.165, 1.54) is 6.07 Å². The number of hydrogen-bond donors (Lipinski definition) is 2. The molecule has 0 aliphatic rings. The van der Waals surface area contributed by atoms with Gasteiger partial charge in [-0.05, 0) is 36.2 Å². The molecule has 0 bridgehead atoms. The first-order valence-electron chi connectivity index (χ1n) is 6.92. The lowest BCUT2D eigenvalue weighted by molar-refractivity contribution is 0.0233. The van der Waals surface area contributed by atoms with Crippen LogP contribution in [-0.2, 0) is 5.60 Å². The van der Waals surface area contributed by atoms with Gasteiger partial charge >= 0.3 is 0 Å². The Kier molecular flexibility index (Phi) is 4.94. The molecule has 0 fully saturated rings. The highest BCUT2D eigenvalue weighted by Crippen LogP contribution is 2.24. The minimum Gasteiger partial charge on any atom is -0.493 e. The number of halogens is 1. The second-order valence-corrected chi connectivity index (χ2v) is 5.11. The summed E-state index contributed by atoms with van der Waals surface area (Å²) in [6.07, 6.45) is 0.365. The van der Waals surface area contributed by atoms with Crippen molar-refractivity contribution in [2.45, 2.75) is 18.9 Å². The molecule has 1 atom stereocenters. The van der Waals surface area contributed by atoms with Crippen LogP contribution in [0.15, 0.2) is 48.5 Å². The van der Waals surface area contributed by atoms with E-state index in [1.54, 1.807) is 19.1 Å². The second-order valence-electron chi connectivity index (χ2n) is 5.11. The summed E-state index contributed by atoms with van der Waals surface area (Å²) in [4.78, 5) is 0. The monoisotopic (exact) mass is 289 g/mol. The van der Waals surface area contributed by atoms with Crippen molar-refractivity contribution in [3.8, 4) is 5.75 Å². The van der Waals surface area contributed by atoms with Gasteiger partial charge in [-0.1, -0.05) is 30.3 Å². The number of benzene rings is 2. The Morgan fingerprint density at radius 2 is 1.90 bits per heavy atom. The Balaban J connectivity index is 1.99. The third-order valence-corrected chi connectivity index (χ3v) is 3.56. The van der Waals surface area contributed by atoms with Crippen LogP contribution in [-0.4, -0.2) is 18.3 Å². The van der Waals surface area contributed by atoms with Gasteiger partial charge < -0.3 is 15.6 Å². The van der Waals surface area contributed by atoms with Gasteiger partial charge in [-0.15, -0.1) is 0 Å². The number of aryl methyl sites for hydroxylation is 1. The molecule has 0 saturated carbocycles. The molecule has 3 N–H and O–H groups in total. The SMILES string of the molecule is Cc1cc(OCCC(O)(CN)c2ccccc2)ccc1F. The van der Waals surface area contributed by atoms with Crippen LogP contribution in [0.3, 0.4) is 0 Å². The number of ether oxygens (including phenoxy) is 1. The highest BCUT2D eigenvalue weighted by Gasteiger charge is 2.27. The van der Waals surface area contributed by atoms with Crippen LogP contribution in [0.2, 0.25) is 0 Å². The highest BCUT2D eigenvalue weighted by atomic mass is 19.1. The van der Waals surface area contributed by atoms with Crippen LogP contribution in [0.4, 0.5) is 4.39 Å². The van der Waals surface area contributed by atoms with E-state index >= 15 is 0 Å². The molecule has 112 valence electrons. The normalized spacial score (nSPS) is 13.7. The summed E-state index contributed by atoms with van der Waals surface area (Å²) in [5.41, 5.74) is 5.89. The van der Waals surface area contributed by atoms with Gasteiger partial charge in [-0.2, -0.15) is 0 Å². The molecule has 0 spiro atoms. The first-order valence-corrected chi connectivity index (χ1v) is 6.92. The maximum atomic E-state index is 13.2. The van der Waals surface area contributed by atoms with Crippen molar-refractivity contribution >= 4 is 0 Å². The van der Waals surface area contributed by atoms with E-state index in [2.05, 4.69) is 0 Å². The Hall–Kier alpha value is -1.91. The van der Waals surface area contributed by atoms with Crippen molar-refractivity contribution in [1.82, 2.24) is 0 Å². The summed E-state index contributed by atoms with van der Waals surface area (Å²) in [5, 5.41) is 10.6. The molecule has 2 aromatic carbocycles. The van der Waals surface area contributed by atoms with Crippen molar-refractivity contribution in [3.05, 3.63) is 65.5 Å². The largest absolute Gasteiger partial charge is 0.493 e.